The Kier molecular flexibility index (Phi) is 5.16. The van der Waals surface area contributed by atoms with E-state index in [1.165, 1.54) is 12.1 Å². The molecular formula is C15H20FN3O2. The fraction of sp³-hybridized carbons (Fsp3) is 0.400. The van der Waals surface area contributed by atoms with Gasteiger partial charge >= 0.3 is 0 Å². The summed E-state index contributed by atoms with van der Waals surface area (Å²) in [5.41, 5.74) is 1.84. The number of aliphatic hydroxyl groups excluding tert-OH is 1. The van der Waals surface area contributed by atoms with Crippen LogP contribution in [0.1, 0.15) is 12.6 Å². The van der Waals surface area contributed by atoms with E-state index in [2.05, 4.69) is 10.4 Å². The fourth-order valence-corrected chi connectivity index (χ4v) is 1.98. The number of aryl methyl sites for hydroxylation is 2. The van der Waals surface area contributed by atoms with Crippen LogP contribution < -0.4 is 10.1 Å². The van der Waals surface area contributed by atoms with Gasteiger partial charge in [0.15, 0.2) is 11.6 Å². The lowest BCUT2D eigenvalue weighted by molar-refractivity contribution is 0.115. The molecule has 0 spiro atoms. The van der Waals surface area contributed by atoms with Gasteiger partial charge in [0.1, 0.15) is 12.7 Å². The molecule has 0 fully saturated rings. The molecule has 114 valence electrons. The summed E-state index contributed by atoms with van der Waals surface area (Å²) in [4.78, 5) is 0. The maximum absolute atomic E-state index is 13.4. The number of nitrogens with one attached hydrogen (secondary N) is 1. The third-order valence-electron chi connectivity index (χ3n) is 3.04. The largest absolute Gasteiger partial charge is 0.488 e. The number of ether oxygens (including phenoxy) is 1. The summed E-state index contributed by atoms with van der Waals surface area (Å²) in [5, 5.41) is 17.3. The molecule has 1 atom stereocenters. The van der Waals surface area contributed by atoms with Gasteiger partial charge in [-0.05, 0) is 18.6 Å². The number of aromatic nitrogens is 2. The number of anilines is 1. The molecule has 2 rings (SSSR count). The van der Waals surface area contributed by atoms with Crippen molar-refractivity contribution in [1.29, 1.82) is 0 Å². The number of benzene rings is 1. The van der Waals surface area contributed by atoms with Gasteiger partial charge in [-0.2, -0.15) is 5.10 Å². The van der Waals surface area contributed by atoms with Crippen molar-refractivity contribution in [3.05, 3.63) is 42.0 Å². The first-order chi connectivity index (χ1) is 10.1. The Labute approximate surface area is 123 Å². The Hall–Kier alpha value is -2.08. The molecule has 0 amide bonds. The Morgan fingerprint density at radius 3 is 2.90 bits per heavy atom. The van der Waals surface area contributed by atoms with Crippen molar-refractivity contribution in [2.75, 3.05) is 18.5 Å². The van der Waals surface area contributed by atoms with Crippen LogP contribution in [0, 0.1) is 5.82 Å². The second-order valence-electron chi connectivity index (χ2n) is 4.79. The molecule has 0 saturated heterocycles. The van der Waals surface area contributed by atoms with Crippen LogP contribution in [0.4, 0.5) is 10.1 Å². The topological polar surface area (TPSA) is 59.3 Å². The van der Waals surface area contributed by atoms with Crippen molar-refractivity contribution < 1.29 is 14.2 Å². The Morgan fingerprint density at radius 2 is 2.19 bits per heavy atom. The van der Waals surface area contributed by atoms with Gasteiger partial charge in [0.05, 0.1) is 11.4 Å². The van der Waals surface area contributed by atoms with Crippen LogP contribution in [0.2, 0.25) is 0 Å². The zero-order chi connectivity index (χ0) is 15.2. The highest BCUT2D eigenvalue weighted by Crippen LogP contribution is 2.16. The van der Waals surface area contributed by atoms with E-state index in [-0.39, 0.29) is 12.4 Å². The number of hydrogen-bond donors (Lipinski definition) is 2. The predicted octanol–water partition coefficient (Wildman–Crippen LogP) is 1.97. The van der Waals surface area contributed by atoms with Crippen molar-refractivity contribution in [2.45, 2.75) is 19.4 Å². The van der Waals surface area contributed by atoms with Gasteiger partial charge in [-0.25, -0.2) is 4.39 Å². The van der Waals surface area contributed by atoms with Crippen LogP contribution in [0.25, 0.3) is 0 Å². The van der Waals surface area contributed by atoms with E-state index in [0.29, 0.717) is 6.54 Å². The number of halogens is 1. The first-order valence-electron chi connectivity index (χ1n) is 6.92. The van der Waals surface area contributed by atoms with Crippen LogP contribution in [0.3, 0.4) is 0 Å². The third-order valence-corrected chi connectivity index (χ3v) is 3.04. The second-order valence-corrected chi connectivity index (χ2v) is 4.79. The summed E-state index contributed by atoms with van der Waals surface area (Å²) >= 11 is 0. The first-order valence-corrected chi connectivity index (χ1v) is 6.92. The highest BCUT2D eigenvalue weighted by atomic mass is 19.1. The number of nitrogens with zero attached hydrogens (tertiary/aromatic N) is 2. The second kappa shape index (κ2) is 7.08. The fourth-order valence-electron chi connectivity index (χ4n) is 1.98. The molecule has 0 saturated carbocycles. The summed E-state index contributed by atoms with van der Waals surface area (Å²) in [5.74, 6) is -0.287. The number of aliphatic hydroxyl groups is 1. The molecule has 1 unspecified atom stereocenters. The van der Waals surface area contributed by atoms with Crippen LogP contribution in [-0.2, 0) is 13.5 Å². The van der Waals surface area contributed by atoms with Gasteiger partial charge in [-0.3, -0.25) is 4.68 Å². The molecule has 2 aromatic rings. The summed E-state index contributed by atoms with van der Waals surface area (Å²) in [7, 11) is 1.85. The van der Waals surface area contributed by atoms with Gasteiger partial charge in [0.25, 0.3) is 0 Å². The van der Waals surface area contributed by atoms with Gasteiger partial charge in [-0.1, -0.05) is 19.1 Å². The molecule has 0 aliphatic heterocycles. The van der Waals surface area contributed by atoms with Gasteiger partial charge in [0.2, 0.25) is 0 Å². The van der Waals surface area contributed by atoms with E-state index in [4.69, 9.17) is 4.74 Å². The summed E-state index contributed by atoms with van der Waals surface area (Å²) in [6.45, 7) is 2.36. The van der Waals surface area contributed by atoms with E-state index in [0.717, 1.165) is 17.8 Å². The molecular weight excluding hydrogens is 273 g/mol. The lowest BCUT2D eigenvalue weighted by Crippen LogP contribution is -2.26. The Bertz CT molecular complexity index is 586. The maximum atomic E-state index is 13.4. The lowest BCUT2D eigenvalue weighted by Gasteiger charge is -2.14. The average molecular weight is 293 g/mol. The van der Waals surface area contributed by atoms with E-state index in [1.807, 2.05) is 20.2 Å². The van der Waals surface area contributed by atoms with Crippen molar-refractivity contribution in [3.63, 3.8) is 0 Å². The van der Waals surface area contributed by atoms with Crippen LogP contribution >= 0.6 is 0 Å². The minimum Gasteiger partial charge on any atom is -0.488 e. The minimum atomic E-state index is -0.741. The number of hydrogen-bond acceptors (Lipinski definition) is 4. The van der Waals surface area contributed by atoms with E-state index >= 15 is 0 Å². The molecule has 0 bridgehead atoms. The Morgan fingerprint density at radius 1 is 1.43 bits per heavy atom. The smallest absolute Gasteiger partial charge is 0.165 e. The van der Waals surface area contributed by atoms with E-state index in [1.54, 1.807) is 16.8 Å². The molecule has 1 aromatic carbocycles. The molecule has 0 radical (unpaired) electrons. The quantitative estimate of drug-likeness (QED) is 0.819. The number of para-hydroxylation sites is 1. The Balaban J connectivity index is 1.82. The first kappa shape index (κ1) is 15.3. The van der Waals surface area contributed by atoms with Crippen LogP contribution in [0.15, 0.2) is 30.5 Å². The lowest BCUT2D eigenvalue weighted by atomic mass is 10.3. The molecule has 0 aliphatic carbocycles. The normalized spacial score (nSPS) is 12.2. The van der Waals surface area contributed by atoms with Crippen LogP contribution in [-0.4, -0.2) is 34.1 Å². The van der Waals surface area contributed by atoms with Crippen molar-refractivity contribution in [3.8, 4) is 5.75 Å². The van der Waals surface area contributed by atoms with E-state index < -0.39 is 11.9 Å². The van der Waals surface area contributed by atoms with Crippen molar-refractivity contribution in [1.82, 2.24) is 9.78 Å². The monoisotopic (exact) mass is 293 g/mol. The molecule has 21 heavy (non-hydrogen) atoms. The minimum absolute atomic E-state index is 0.0235. The molecule has 1 aromatic heterocycles. The van der Waals surface area contributed by atoms with E-state index in [9.17, 15) is 9.50 Å². The van der Waals surface area contributed by atoms with Crippen LogP contribution in [0.5, 0.6) is 5.75 Å². The standard InChI is InChI=1S/C15H20FN3O2/c1-3-13-14(9-19(2)18-13)17-8-11(20)10-21-15-7-5-4-6-12(15)16/h4-7,9,11,17,20H,3,8,10H2,1-2H3. The SMILES string of the molecule is CCc1nn(C)cc1NCC(O)COc1ccccc1F. The molecule has 6 heteroatoms. The zero-order valence-corrected chi connectivity index (χ0v) is 12.2. The highest BCUT2D eigenvalue weighted by Gasteiger charge is 2.10. The average Bonchev–Trinajstić information content (AvgIpc) is 2.84. The highest BCUT2D eigenvalue weighted by molar-refractivity contribution is 5.46. The van der Waals surface area contributed by atoms with Gasteiger partial charge in [0, 0.05) is 19.8 Å². The summed E-state index contributed by atoms with van der Waals surface area (Å²) in [6.07, 6.45) is 1.93. The molecule has 5 nitrogen and oxygen atoms in total. The maximum Gasteiger partial charge on any atom is 0.165 e. The third kappa shape index (κ3) is 4.19. The molecule has 0 aliphatic rings. The summed E-state index contributed by atoms with van der Waals surface area (Å²) < 4.78 is 20.3. The van der Waals surface area contributed by atoms with Gasteiger partial charge in [-0.15, -0.1) is 0 Å². The molecule has 1 heterocycles. The van der Waals surface area contributed by atoms with Crippen molar-refractivity contribution >= 4 is 5.69 Å². The summed E-state index contributed by atoms with van der Waals surface area (Å²) in [6, 6.07) is 6.13. The predicted molar refractivity (Wildman–Crippen MR) is 79.0 cm³/mol. The molecule has 2 N–H and O–H groups in total. The zero-order valence-electron chi connectivity index (χ0n) is 12.2. The van der Waals surface area contributed by atoms with Crippen molar-refractivity contribution in [2.24, 2.45) is 7.05 Å². The van der Waals surface area contributed by atoms with Gasteiger partial charge < -0.3 is 15.2 Å². The number of rotatable bonds is 7.